The molecule has 0 saturated carbocycles. The Bertz CT molecular complexity index is 521. The average molecular weight is 386 g/mol. The Hall–Kier alpha value is -1.40. The summed E-state index contributed by atoms with van der Waals surface area (Å²) in [6, 6.07) is 7.92. The number of carboxylic acids is 1. The predicted molar refractivity (Wildman–Crippen MR) is 92.3 cm³/mol. The molecule has 5 nitrogen and oxygen atoms in total. The van der Waals surface area contributed by atoms with E-state index in [1.54, 1.807) is 19.1 Å². The van der Waals surface area contributed by atoms with Gasteiger partial charge in [0.2, 0.25) is 5.91 Å². The first-order valence-electron chi connectivity index (χ1n) is 7.64. The molecule has 0 bridgehead atoms. The Morgan fingerprint density at radius 2 is 2.13 bits per heavy atom. The molecule has 1 rings (SSSR count). The van der Waals surface area contributed by atoms with Crippen molar-refractivity contribution < 1.29 is 19.4 Å². The minimum Gasteiger partial charge on any atom is -0.481 e. The van der Waals surface area contributed by atoms with Crippen LogP contribution >= 0.6 is 15.9 Å². The lowest BCUT2D eigenvalue weighted by Crippen LogP contribution is -2.35. The summed E-state index contributed by atoms with van der Waals surface area (Å²) in [6.45, 7) is 0.973. The summed E-state index contributed by atoms with van der Waals surface area (Å²) in [5, 5.41) is 8.69. The van der Waals surface area contributed by atoms with Crippen molar-refractivity contribution in [2.24, 2.45) is 5.92 Å². The zero-order valence-electron chi connectivity index (χ0n) is 13.6. The van der Waals surface area contributed by atoms with E-state index in [-0.39, 0.29) is 18.2 Å². The number of carbonyl (C=O) groups is 2. The van der Waals surface area contributed by atoms with Gasteiger partial charge >= 0.3 is 5.97 Å². The molecule has 0 aliphatic heterocycles. The molecule has 0 heterocycles. The summed E-state index contributed by atoms with van der Waals surface area (Å²) in [4.78, 5) is 24.8. The number of nitrogens with zero attached hydrogens (tertiary/aromatic N) is 1. The first-order valence-corrected chi connectivity index (χ1v) is 8.43. The van der Waals surface area contributed by atoms with Gasteiger partial charge in [-0.1, -0.05) is 28.1 Å². The number of carboxylic acid groups (broad SMARTS) is 1. The van der Waals surface area contributed by atoms with E-state index in [2.05, 4.69) is 15.9 Å². The number of hydrogen-bond acceptors (Lipinski definition) is 3. The predicted octanol–water partition coefficient (Wildman–Crippen LogP) is 2.97. The second-order valence-corrected chi connectivity index (χ2v) is 6.49. The minimum atomic E-state index is -0.837. The van der Waals surface area contributed by atoms with E-state index < -0.39 is 5.97 Å². The standard InChI is InChI=1S/C17H24BrNO4/c1-19(9-4-7-16(20)21)17(22)14(8-10-23-2)11-13-5-3-6-15(18)12-13/h3,5-6,12,14H,4,7-11H2,1-2H3,(H,20,21). The van der Waals surface area contributed by atoms with Gasteiger partial charge in [0.15, 0.2) is 0 Å². The second kappa shape index (κ2) is 10.4. The van der Waals surface area contributed by atoms with E-state index in [0.717, 1.165) is 10.0 Å². The van der Waals surface area contributed by atoms with Crippen LogP contribution in [0.25, 0.3) is 0 Å². The SMILES string of the molecule is COCCC(Cc1cccc(Br)c1)C(=O)N(C)CCCC(=O)O. The molecular weight excluding hydrogens is 362 g/mol. The smallest absolute Gasteiger partial charge is 0.303 e. The van der Waals surface area contributed by atoms with Crippen molar-refractivity contribution in [3.05, 3.63) is 34.3 Å². The summed E-state index contributed by atoms with van der Waals surface area (Å²) in [5.41, 5.74) is 1.09. The molecule has 23 heavy (non-hydrogen) atoms. The van der Waals surface area contributed by atoms with Crippen molar-refractivity contribution >= 4 is 27.8 Å². The number of hydrogen-bond donors (Lipinski definition) is 1. The fourth-order valence-corrected chi connectivity index (χ4v) is 2.86. The van der Waals surface area contributed by atoms with E-state index in [9.17, 15) is 9.59 Å². The van der Waals surface area contributed by atoms with Gasteiger partial charge in [-0.3, -0.25) is 9.59 Å². The van der Waals surface area contributed by atoms with Crippen LogP contribution in [-0.4, -0.2) is 49.2 Å². The lowest BCUT2D eigenvalue weighted by molar-refractivity contribution is -0.138. The quantitative estimate of drug-likeness (QED) is 0.672. The van der Waals surface area contributed by atoms with Crippen molar-refractivity contribution in [1.29, 1.82) is 0 Å². The van der Waals surface area contributed by atoms with Gasteiger partial charge in [0.25, 0.3) is 0 Å². The number of ether oxygens (including phenoxy) is 1. The van der Waals surface area contributed by atoms with Crippen molar-refractivity contribution in [1.82, 2.24) is 4.90 Å². The van der Waals surface area contributed by atoms with Crippen LogP contribution in [0.1, 0.15) is 24.8 Å². The third kappa shape index (κ3) is 7.61. The molecule has 0 radical (unpaired) electrons. The Balaban J connectivity index is 2.67. The number of halogens is 1. The molecule has 1 aromatic carbocycles. The van der Waals surface area contributed by atoms with E-state index in [1.807, 2.05) is 24.3 Å². The molecule has 0 saturated heterocycles. The number of methoxy groups -OCH3 is 1. The summed E-state index contributed by atoms with van der Waals surface area (Å²) >= 11 is 3.44. The summed E-state index contributed by atoms with van der Waals surface area (Å²) in [5.74, 6) is -0.970. The molecule has 6 heteroatoms. The maximum Gasteiger partial charge on any atom is 0.303 e. The van der Waals surface area contributed by atoms with Gasteiger partial charge in [0.1, 0.15) is 0 Å². The van der Waals surface area contributed by atoms with Crippen molar-refractivity contribution in [3.8, 4) is 0 Å². The number of benzene rings is 1. The molecule has 1 aromatic rings. The molecule has 1 atom stereocenters. The highest BCUT2D eigenvalue weighted by Gasteiger charge is 2.22. The third-order valence-corrected chi connectivity index (χ3v) is 4.14. The van der Waals surface area contributed by atoms with Gasteiger partial charge in [0.05, 0.1) is 0 Å². The lowest BCUT2D eigenvalue weighted by Gasteiger charge is -2.24. The zero-order valence-corrected chi connectivity index (χ0v) is 15.2. The molecule has 0 aromatic heterocycles. The maximum absolute atomic E-state index is 12.6. The van der Waals surface area contributed by atoms with Crippen LogP contribution in [0.2, 0.25) is 0 Å². The van der Waals surface area contributed by atoms with Crippen LogP contribution in [-0.2, 0) is 20.7 Å². The monoisotopic (exact) mass is 385 g/mol. The van der Waals surface area contributed by atoms with Gasteiger partial charge < -0.3 is 14.7 Å². The van der Waals surface area contributed by atoms with Crippen molar-refractivity contribution in [2.45, 2.75) is 25.7 Å². The summed E-state index contributed by atoms with van der Waals surface area (Å²) in [7, 11) is 3.35. The Labute approximate surface area is 145 Å². The molecule has 1 unspecified atom stereocenters. The Kier molecular flexibility index (Phi) is 8.87. The van der Waals surface area contributed by atoms with E-state index in [1.165, 1.54) is 0 Å². The number of aliphatic carboxylic acids is 1. The molecule has 0 aliphatic rings. The second-order valence-electron chi connectivity index (χ2n) is 5.57. The van der Waals surface area contributed by atoms with Gasteiger partial charge in [-0.25, -0.2) is 0 Å². The van der Waals surface area contributed by atoms with E-state index in [0.29, 0.717) is 32.4 Å². The highest BCUT2D eigenvalue weighted by atomic mass is 79.9. The topological polar surface area (TPSA) is 66.8 Å². The number of carbonyl (C=O) groups excluding carboxylic acids is 1. The first-order chi connectivity index (χ1) is 10.9. The largest absolute Gasteiger partial charge is 0.481 e. The normalized spacial score (nSPS) is 12.0. The van der Waals surface area contributed by atoms with Crippen LogP contribution < -0.4 is 0 Å². The lowest BCUT2D eigenvalue weighted by atomic mass is 9.95. The van der Waals surface area contributed by atoms with Crippen molar-refractivity contribution in [2.75, 3.05) is 27.3 Å². The molecule has 128 valence electrons. The third-order valence-electron chi connectivity index (χ3n) is 3.65. The highest BCUT2D eigenvalue weighted by molar-refractivity contribution is 9.10. The molecule has 1 N–H and O–H groups in total. The minimum absolute atomic E-state index is 0.0346. The molecule has 0 spiro atoms. The van der Waals surface area contributed by atoms with Gasteiger partial charge in [-0.05, 0) is 37.0 Å². The van der Waals surface area contributed by atoms with Gasteiger partial charge in [0, 0.05) is 44.1 Å². The zero-order chi connectivity index (χ0) is 17.2. The van der Waals surface area contributed by atoms with Crippen LogP contribution in [0.3, 0.4) is 0 Å². The number of amides is 1. The Morgan fingerprint density at radius 3 is 2.74 bits per heavy atom. The van der Waals surface area contributed by atoms with Crippen LogP contribution in [0, 0.1) is 5.92 Å². The summed E-state index contributed by atoms with van der Waals surface area (Å²) < 4.78 is 6.11. The Morgan fingerprint density at radius 1 is 1.39 bits per heavy atom. The fourth-order valence-electron chi connectivity index (χ4n) is 2.41. The maximum atomic E-state index is 12.6. The van der Waals surface area contributed by atoms with Gasteiger partial charge in [-0.15, -0.1) is 0 Å². The van der Waals surface area contributed by atoms with E-state index >= 15 is 0 Å². The van der Waals surface area contributed by atoms with Crippen molar-refractivity contribution in [3.63, 3.8) is 0 Å². The van der Waals surface area contributed by atoms with Crippen LogP contribution in [0.5, 0.6) is 0 Å². The van der Waals surface area contributed by atoms with Gasteiger partial charge in [-0.2, -0.15) is 0 Å². The molecule has 1 amide bonds. The van der Waals surface area contributed by atoms with Crippen LogP contribution in [0.15, 0.2) is 28.7 Å². The molecular formula is C17H24BrNO4. The summed E-state index contributed by atoms with van der Waals surface area (Å²) in [6.07, 6.45) is 1.83. The molecule has 0 fully saturated rings. The average Bonchev–Trinajstić information content (AvgIpc) is 2.50. The molecule has 0 aliphatic carbocycles. The van der Waals surface area contributed by atoms with Crippen LogP contribution in [0.4, 0.5) is 0 Å². The van der Waals surface area contributed by atoms with E-state index in [4.69, 9.17) is 9.84 Å². The number of rotatable bonds is 10. The first kappa shape index (κ1) is 19.6. The fraction of sp³-hybridized carbons (Fsp3) is 0.529. The highest BCUT2D eigenvalue weighted by Crippen LogP contribution is 2.19.